The van der Waals surface area contributed by atoms with Crippen LogP contribution in [0.15, 0.2) is 18.2 Å². The fourth-order valence-corrected chi connectivity index (χ4v) is 1.10. The lowest BCUT2D eigenvalue weighted by Gasteiger charge is -2.04. The highest BCUT2D eigenvalue weighted by Crippen LogP contribution is 2.03. The molecule has 1 aromatic rings. The Kier molecular flexibility index (Phi) is 5.35. The summed E-state index contributed by atoms with van der Waals surface area (Å²) in [5.41, 5.74) is 0.446. The Hall–Kier alpha value is -2.39. The summed E-state index contributed by atoms with van der Waals surface area (Å²) in [5.74, 6) is 4.78. The van der Waals surface area contributed by atoms with E-state index in [0.29, 0.717) is 11.5 Å². The van der Waals surface area contributed by atoms with Crippen LogP contribution in [0, 0.1) is 11.8 Å². The summed E-state index contributed by atoms with van der Waals surface area (Å²) < 4.78 is 0. The number of carbonyl (C=O) groups is 2. The third-order valence-electron chi connectivity index (χ3n) is 1.81. The molecule has 1 heterocycles. The largest absolute Gasteiger partial charge is 0.384 e. The van der Waals surface area contributed by atoms with Crippen LogP contribution in [0.3, 0.4) is 0 Å². The maximum atomic E-state index is 11.4. The summed E-state index contributed by atoms with van der Waals surface area (Å²) in [6, 6.07) is 4.95. The number of nitrogens with zero attached hydrogens (tertiary/aromatic N) is 1. The zero-order valence-corrected chi connectivity index (χ0v) is 9.86. The molecular weight excluding hydrogens is 234 g/mol. The van der Waals surface area contributed by atoms with Crippen molar-refractivity contribution in [1.29, 1.82) is 0 Å². The first-order valence-electron chi connectivity index (χ1n) is 5.23. The van der Waals surface area contributed by atoms with Crippen LogP contribution in [-0.4, -0.2) is 35.1 Å². The highest BCUT2D eigenvalue weighted by atomic mass is 16.2. The van der Waals surface area contributed by atoms with Crippen molar-refractivity contribution in [2.24, 2.45) is 0 Å². The molecule has 94 valence electrons. The average Bonchev–Trinajstić information content (AvgIpc) is 2.34. The van der Waals surface area contributed by atoms with Gasteiger partial charge in [0.1, 0.15) is 18.1 Å². The van der Waals surface area contributed by atoms with Crippen LogP contribution in [-0.2, 0) is 9.59 Å². The van der Waals surface area contributed by atoms with Gasteiger partial charge < -0.3 is 15.7 Å². The van der Waals surface area contributed by atoms with Crippen LogP contribution in [0.4, 0.5) is 5.82 Å². The van der Waals surface area contributed by atoms with E-state index >= 15 is 0 Å². The molecule has 0 bridgehead atoms. The van der Waals surface area contributed by atoms with Crippen molar-refractivity contribution in [1.82, 2.24) is 10.3 Å². The zero-order chi connectivity index (χ0) is 13.4. The number of anilines is 1. The van der Waals surface area contributed by atoms with Gasteiger partial charge in [-0.1, -0.05) is 12.0 Å². The van der Waals surface area contributed by atoms with Gasteiger partial charge in [-0.15, -0.1) is 0 Å². The van der Waals surface area contributed by atoms with E-state index < -0.39 is 0 Å². The van der Waals surface area contributed by atoms with Crippen molar-refractivity contribution in [3.05, 3.63) is 23.9 Å². The van der Waals surface area contributed by atoms with E-state index in [-0.39, 0.29) is 25.0 Å². The quantitative estimate of drug-likeness (QED) is 0.628. The molecule has 2 amide bonds. The van der Waals surface area contributed by atoms with Crippen molar-refractivity contribution in [3.63, 3.8) is 0 Å². The van der Waals surface area contributed by atoms with Gasteiger partial charge in [0, 0.05) is 6.92 Å². The maximum Gasteiger partial charge on any atom is 0.244 e. The Bertz CT molecular complexity index is 503. The van der Waals surface area contributed by atoms with Gasteiger partial charge in [-0.05, 0) is 18.1 Å². The van der Waals surface area contributed by atoms with Crippen molar-refractivity contribution in [3.8, 4) is 11.8 Å². The second kappa shape index (κ2) is 7.04. The predicted octanol–water partition coefficient (Wildman–Crippen LogP) is -0.500. The number of pyridine rings is 1. The molecule has 0 aliphatic heterocycles. The lowest BCUT2D eigenvalue weighted by molar-refractivity contribution is -0.122. The molecule has 0 aromatic carbocycles. The van der Waals surface area contributed by atoms with Gasteiger partial charge >= 0.3 is 0 Å². The van der Waals surface area contributed by atoms with E-state index in [2.05, 4.69) is 27.5 Å². The number of hydrogen-bond acceptors (Lipinski definition) is 4. The highest BCUT2D eigenvalue weighted by molar-refractivity contribution is 5.93. The van der Waals surface area contributed by atoms with E-state index in [1.54, 1.807) is 18.2 Å². The van der Waals surface area contributed by atoms with E-state index in [0.717, 1.165) is 0 Å². The molecule has 0 fully saturated rings. The van der Waals surface area contributed by atoms with Gasteiger partial charge in [-0.25, -0.2) is 4.98 Å². The van der Waals surface area contributed by atoms with Crippen molar-refractivity contribution < 1.29 is 14.7 Å². The lowest BCUT2D eigenvalue weighted by atomic mass is 10.3. The van der Waals surface area contributed by atoms with E-state index in [4.69, 9.17) is 5.11 Å². The number of amides is 2. The van der Waals surface area contributed by atoms with Gasteiger partial charge in [-0.3, -0.25) is 9.59 Å². The van der Waals surface area contributed by atoms with Crippen molar-refractivity contribution >= 4 is 17.6 Å². The fourth-order valence-electron chi connectivity index (χ4n) is 1.10. The van der Waals surface area contributed by atoms with Crippen molar-refractivity contribution in [2.45, 2.75) is 6.92 Å². The Labute approximate surface area is 104 Å². The molecule has 1 rings (SSSR count). The summed E-state index contributed by atoms with van der Waals surface area (Å²) in [7, 11) is 0. The molecular formula is C12H13N3O3. The maximum absolute atomic E-state index is 11.4. The third kappa shape index (κ3) is 5.09. The molecule has 0 atom stereocenters. The minimum atomic E-state index is -0.370. The van der Waals surface area contributed by atoms with Crippen LogP contribution in [0.5, 0.6) is 0 Å². The Morgan fingerprint density at radius 1 is 1.44 bits per heavy atom. The number of aromatic nitrogens is 1. The normalized spacial score (nSPS) is 9.00. The van der Waals surface area contributed by atoms with Crippen LogP contribution >= 0.6 is 0 Å². The van der Waals surface area contributed by atoms with Gasteiger partial charge in [0.25, 0.3) is 0 Å². The minimum Gasteiger partial charge on any atom is -0.384 e. The number of aliphatic hydroxyl groups excluding tert-OH is 1. The molecule has 0 aliphatic rings. The SMILES string of the molecule is CC(=O)NCC(=O)Nc1cccc(C#CCO)n1. The molecule has 0 spiro atoms. The van der Waals surface area contributed by atoms with Crippen LogP contribution in [0.1, 0.15) is 12.6 Å². The average molecular weight is 247 g/mol. The number of nitrogens with one attached hydrogen (secondary N) is 2. The topological polar surface area (TPSA) is 91.3 Å². The zero-order valence-electron chi connectivity index (χ0n) is 9.86. The van der Waals surface area contributed by atoms with Crippen LogP contribution < -0.4 is 10.6 Å². The molecule has 0 saturated heterocycles. The summed E-state index contributed by atoms with van der Waals surface area (Å²) in [5, 5.41) is 13.4. The van der Waals surface area contributed by atoms with E-state index in [1.807, 2.05) is 0 Å². The smallest absolute Gasteiger partial charge is 0.244 e. The minimum absolute atomic E-state index is 0.108. The lowest BCUT2D eigenvalue weighted by Crippen LogP contribution is -2.31. The van der Waals surface area contributed by atoms with E-state index in [1.165, 1.54) is 6.92 Å². The molecule has 0 radical (unpaired) electrons. The highest BCUT2D eigenvalue weighted by Gasteiger charge is 2.03. The first kappa shape index (κ1) is 13.7. The molecule has 6 nitrogen and oxygen atoms in total. The molecule has 1 aromatic heterocycles. The molecule has 6 heteroatoms. The van der Waals surface area contributed by atoms with Gasteiger partial charge in [0.15, 0.2) is 0 Å². The second-order valence-electron chi connectivity index (χ2n) is 3.33. The second-order valence-corrected chi connectivity index (χ2v) is 3.33. The van der Waals surface area contributed by atoms with Crippen LogP contribution in [0.25, 0.3) is 0 Å². The summed E-state index contributed by atoms with van der Waals surface area (Å²) in [6.07, 6.45) is 0. The van der Waals surface area contributed by atoms with Crippen molar-refractivity contribution in [2.75, 3.05) is 18.5 Å². The summed E-state index contributed by atoms with van der Waals surface area (Å²) in [4.78, 5) is 26.1. The first-order chi connectivity index (χ1) is 8.61. The molecule has 3 N–H and O–H groups in total. The Morgan fingerprint density at radius 3 is 2.89 bits per heavy atom. The summed E-state index contributed by atoms with van der Waals surface area (Å²) >= 11 is 0. The van der Waals surface area contributed by atoms with Gasteiger partial charge in [-0.2, -0.15) is 0 Å². The van der Waals surface area contributed by atoms with Crippen LogP contribution in [0.2, 0.25) is 0 Å². The number of aliphatic hydroxyl groups is 1. The molecule has 0 aliphatic carbocycles. The Morgan fingerprint density at radius 2 is 2.22 bits per heavy atom. The molecule has 18 heavy (non-hydrogen) atoms. The fraction of sp³-hybridized carbons (Fsp3) is 0.250. The van der Waals surface area contributed by atoms with E-state index in [9.17, 15) is 9.59 Å². The third-order valence-corrected chi connectivity index (χ3v) is 1.81. The first-order valence-corrected chi connectivity index (χ1v) is 5.23. The number of rotatable bonds is 3. The molecule has 0 saturated carbocycles. The van der Waals surface area contributed by atoms with Gasteiger partial charge in [0.05, 0.1) is 6.54 Å². The number of carbonyl (C=O) groups excluding carboxylic acids is 2. The predicted molar refractivity (Wildman–Crippen MR) is 65.5 cm³/mol. The molecule has 0 unspecified atom stereocenters. The Balaban J connectivity index is 2.61. The number of hydrogen-bond donors (Lipinski definition) is 3. The summed E-state index contributed by atoms with van der Waals surface area (Å²) in [6.45, 7) is 0.973. The standard InChI is InChI=1S/C12H13N3O3/c1-9(17)13-8-12(18)15-11-6-2-4-10(14-11)5-3-7-16/h2,4,6,16H,7-8H2,1H3,(H,13,17)(H,14,15,18). The van der Waals surface area contributed by atoms with Gasteiger partial charge in [0.2, 0.25) is 11.8 Å². The monoisotopic (exact) mass is 247 g/mol.